The van der Waals surface area contributed by atoms with Gasteiger partial charge in [0.25, 0.3) is 0 Å². The molecule has 1 aromatic heterocycles. The summed E-state index contributed by atoms with van der Waals surface area (Å²) in [5.74, 6) is 2.49. The Labute approximate surface area is 132 Å². The molecule has 2 aromatic rings. The van der Waals surface area contributed by atoms with Crippen LogP contribution in [0.25, 0.3) is 0 Å². The maximum atomic E-state index is 8.89. The van der Waals surface area contributed by atoms with E-state index < -0.39 is 0 Å². The number of nitriles is 1. The van der Waals surface area contributed by atoms with E-state index in [1.165, 1.54) is 0 Å². The molecule has 0 aliphatic heterocycles. The highest BCUT2D eigenvalue weighted by Gasteiger charge is 2.09. The van der Waals surface area contributed by atoms with Crippen LogP contribution in [0.5, 0.6) is 0 Å². The van der Waals surface area contributed by atoms with Gasteiger partial charge in [-0.3, -0.25) is 0 Å². The van der Waals surface area contributed by atoms with Gasteiger partial charge >= 0.3 is 0 Å². The fourth-order valence-corrected chi connectivity index (χ4v) is 2.22. The van der Waals surface area contributed by atoms with E-state index in [0.717, 1.165) is 21.8 Å². The van der Waals surface area contributed by atoms with Gasteiger partial charge in [0.2, 0.25) is 0 Å². The molecule has 6 heteroatoms. The van der Waals surface area contributed by atoms with Gasteiger partial charge in [-0.25, -0.2) is 9.97 Å². The number of aromatic nitrogens is 2. The predicted molar refractivity (Wildman–Crippen MR) is 87.8 cm³/mol. The lowest BCUT2D eigenvalue weighted by Gasteiger charge is -2.12. The van der Waals surface area contributed by atoms with Crippen molar-refractivity contribution in [3.8, 4) is 6.07 Å². The maximum absolute atomic E-state index is 8.89. The third-order valence-corrected chi connectivity index (χ3v) is 3.53. The van der Waals surface area contributed by atoms with Crippen LogP contribution in [-0.2, 0) is 0 Å². The second-order valence-electron chi connectivity index (χ2n) is 4.83. The maximum Gasteiger partial charge on any atom is 0.136 e. The van der Waals surface area contributed by atoms with E-state index in [4.69, 9.17) is 5.26 Å². The molecule has 0 aliphatic rings. The third kappa shape index (κ3) is 3.70. The molecule has 0 spiro atoms. The molecule has 1 aromatic carbocycles. The number of hydrogen-bond donors (Lipinski definition) is 2. The van der Waals surface area contributed by atoms with Gasteiger partial charge in [-0.05, 0) is 34.1 Å². The zero-order valence-electron chi connectivity index (χ0n) is 12.1. The average Bonchev–Trinajstić information content (AvgIpc) is 2.48. The fraction of sp³-hybridized carbons (Fsp3) is 0.267. The molecular weight excluding hydrogens is 330 g/mol. The van der Waals surface area contributed by atoms with E-state index in [-0.39, 0.29) is 5.92 Å². The molecule has 2 rings (SSSR count). The minimum absolute atomic E-state index is 0.239. The number of rotatable bonds is 4. The van der Waals surface area contributed by atoms with Crippen molar-refractivity contribution in [2.45, 2.75) is 19.8 Å². The Kier molecular flexibility index (Phi) is 4.76. The van der Waals surface area contributed by atoms with Gasteiger partial charge in [0.1, 0.15) is 17.5 Å². The quantitative estimate of drug-likeness (QED) is 0.875. The first-order valence-electron chi connectivity index (χ1n) is 6.57. The molecule has 108 valence electrons. The molecule has 0 radical (unpaired) electrons. The Morgan fingerprint density at radius 1 is 1.19 bits per heavy atom. The van der Waals surface area contributed by atoms with Crippen molar-refractivity contribution in [3.05, 3.63) is 40.1 Å². The summed E-state index contributed by atoms with van der Waals surface area (Å²) in [5, 5.41) is 15.2. The molecule has 0 bridgehead atoms. The first-order valence-corrected chi connectivity index (χ1v) is 7.36. The summed E-state index contributed by atoms with van der Waals surface area (Å²) >= 11 is 3.46. The standard InChI is InChI=1S/C15H16BrN5/c1-9(2)15-20-13(18-3)7-14(21-15)19-12-5-4-10(8-17)6-11(12)16/h4-7,9H,1-3H3,(H2,18,19,20,21). The predicted octanol–water partition coefficient (Wildman–Crippen LogP) is 4.02. The van der Waals surface area contributed by atoms with E-state index in [1.54, 1.807) is 12.1 Å². The van der Waals surface area contributed by atoms with Crippen LogP contribution >= 0.6 is 15.9 Å². The zero-order chi connectivity index (χ0) is 15.4. The van der Waals surface area contributed by atoms with Crippen LogP contribution in [-0.4, -0.2) is 17.0 Å². The van der Waals surface area contributed by atoms with Crippen molar-refractivity contribution in [1.29, 1.82) is 5.26 Å². The van der Waals surface area contributed by atoms with Gasteiger partial charge in [-0.15, -0.1) is 0 Å². The molecule has 0 fully saturated rings. The van der Waals surface area contributed by atoms with Gasteiger partial charge in [-0.2, -0.15) is 5.26 Å². The number of benzene rings is 1. The monoisotopic (exact) mass is 345 g/mol. The largest absolute Gasteiger partial charge is 0.373 e. The number of anilines is 3. The lowest BCUT2D eigenvalue weighted by atomic mass is 10.2. The highest BCUT2D eigenvalue weighted by molar-refractivity contribution is 9.10. The number of hydrogen-bond acceptors (Lipinski definition) is 5. The summed E-state index contributed by atoms with van der Waals surface area (Å²) in [6.07, 6.45) is 0. The fourth-order valence-electron chi connectivity index (χ4n) is 1.74. The summed E-state index contributed by atoms with van der Waals surface area (Å²) in [4.78, 5) is 8.94. The van der Waals surface area contributed by atoms with Gasteiger partial charge in [0, 0.05) is 23.5 Å². The lowest BCUT2D eigenvalue weighted by molar-refractivity contribution is 0.778. The zero-order valence-corrected chi connectivity index (χ0v) is 13.7. The topological polar surface area (TPSA) is 73.6 Å². The molecule has 0 saturated carbocycles. The van der Waals surface area contributed by atoms with E-state index in [1.807, 2.05) is 19.2 Å². The normalized spacial score (nSPS) is 10.3. The first kappa shape index (κ1) is 15.3. The van der Waals surface area contributed by atoms with E-state index in [9.17, 15) is 0 Å². The molecule has 2 N–H and O–H groups in total. The summed E-state index contributed by atoms with van der Waals surface area (Å²) in [6, 6.07) is 9.33. The van der Waals surface area contributed by atoms with E-state index >= 15 is 0 Å². The van der Waals surface area contributed by atoms with E-state index in [0.29, 0.717) is 11.4 Å². The van der Waals surface area contributed by atoms with Crippen LogP contribution in [0.15, 0.2) is 28.7 Å². The van der Waals surface area contributed by atoms with Crippen LogP contribution in [0.1, 0.15) is 31.2 Å². The number of nitrogens with zero attached hydrogens (tertiary/aromatic N) is 3. The SMILES string of the molecule is CNc1cc(Nc2ccc(C#N)cc2Br)nc(C(C)C)n1. The Bertz CT molecular complexity index is 691. The van der Waals surface area contributed by atoms with Crippen molar-refractivity contribution in [2.24, 2.45) is 0 Å². The van der Waals surface area contributed by atoms with Crippen LogP contribution in [0, 0.1) is 11.3 Å². The molecule has 0 saturated heterocycles. The smallest absolute Gasteiger partial charge is 0.136 e. The average molecular weight is 346 g/mol. The molecule has 0 amide bonds. The molecule has 5 nitrogen and oxygen atoms in total. The molecule has 0 atom stereocenters. The summed E-state index contributed by atoms with van der Waals surface area (Å²) in [5.41, 5.74) is 1.46. The molecule has 21 heavy (non-hydrogen) atoms. The highest BCUT2D eigenvalue weighted by atomic mass is 79.9. The van der Waals surface area contributed by atoms with Crippen LogP contribution in [0.2, 0.25) is 0 Å². The second kappa shape index (κ2) is 6.55. The van der Waals surface area contributed by atoms with Crippen molar-refractivity contribution >= 4 is 33.3 Å². The van der Waals surface area contributed by atoms with Gasteiger partial charge in [0.05, 0.1) is 17.3 Å². The Morgan fingerprint density at radius 2 is 1.90 bits per heavy atom. The molecule has 0 unspecified atom stereocenters. The highest BCUT2D eigenvalue weighted by Crippen LogP contribution is 2.27. The number of halogens is 1. The minimum atomic E-state index is 0.239. The van der Waals surface area contributed by atoms with Gasteiger partial charge < -0.3 is 10.6 Å². The summed E-state index contributed by atoms with van der Waals surface area (Å²) in [6.45, 7) is 4.10. The van der Waals surface area contributed by atoms with Crippen LogP contribution < -0.4 is 10.6 Å². The van der Waals surface area contributed by atoms with Crippen molar-refractivity contribution in [3.63, 3.8) is 0 Å². The summed E-state index contributed by atoms with van der Waals surface area (Å²) < 4.78 is 0.817. The van der Waals surface area contributed by atoms with Crippen molar-refractivity contribution in [2.75, 3.05) is 17.7 Å². The molecular formula is C15H16BrN5. The van der Waals surface area contributed by atoms with Gasteiger partial charge in [-0.1, -0.05) is 13.8 Å². The number of nitrogens with one attached hydrogen (secondary N) is 2. The lowest BCUT2D eigenvalue weighted by Crippen LogP contribution is -2.05. The van der Waals surface area contributed by atoms with Crippen molar-refractivity contribution in [1.82, 2.24) is 9.97 Å². The van der Waals surface area contributed by atoms with Crippen LogP contribution in [0.3, 0.4) is 0 Å². The Hall–Kier alpha value is -2.13. The molecule has 0 aliphatic carbocycles. The van der Waals surface area contributed by atoms with E-state index in [2.05, 4.69) is 56.4 Å². The van der Waals surface area contributed by atoms with Gasteiger partial charge in [0.15, 0.2) is 0 Å². The second-order valence-corrected chi connectivity index (χ2v) is 5.69. The first-order chi connectivity index (χ1) is 10.0. The Balaban J connectivity index is 2.35. The summed E-state index contributed by atoms with van der Waals surface area (Å²) in [7, 11) is 1.83. The third-order valence-electron chi connectivity index (χ3n) is 2.88. The Morgan fingerprint density at radius 3 is 2.48 bits per heavy atom. The van der Waals surface area contributed by atoms with Crippen molar-refractivity contribution < 1.29 is 0 Å². The molecule has 1 heterocycles. The van der Waals surface area contributed by atoms with Crippen LogP contribution in [0.4, 0.5) is 17.3 Å². The minimum Gasteiger partial charge on any atom is -0.373 e.